The summed E-state index contributed by atoms with van der Waals surface area (Å²) < 4.78 is 60.4. The van der Waals surface area contributed by atoms with Crippen molar-refractivity contribution in [1.82, 2.24) is 15.1 Å². The maximum atomic E-state index is 13.9. The van der Waals surface area contributed by atoms with Crippen LogP contribution in [0.4, 0.5) is 17.6 Å². The Morgan fingerprint density at radius 1 is 1.07 bits per heavy atom. The van der Waals surface area contributed by atoms with Crippen molar-refractivity contribution in [3.8, 4) is 5.75 Å². The monoisotopic (exact) mass is 563 g/mol. The molecule has 0 fully saturated rings. The molecule has 0 aliphatic carbocycles. The molecule has 3 aromatic rings. The molecule has 2 atom stereocenters. The second-order valence-electron chi connectivity index (χ2n) is 8.85. The fourth-order valence-electron chi connectivity index (χ4n) is 3.95. The maximum absolute atomic E-state index is 13.9. The SMILES string of the molecule is CC[C@H](C(=O)N[C@@H](CC(=O)O)C(=O)COc1c(F)c(F)cc(F)c1F)c1ccnn(Cc2ccccc2C)c1=O. The minimum absolute atomic E-state index is 0.0423. The Morgan fingerprint density at radius 3 is 2.33 bits per heavy atom. The third-order valence-corrected chi connectivity index (χ3v) is 6.14. The first-order valence-corrected chi connectivity index (χ1v) is 12.1. The van der Waals surface area contributed by atoms with Gasteiger partial charge in [0.2, 0.25) is 17.5 Å². The van der Waals surface area contributed by atoms with E-state index < -0.39 is 77.2 Å². The summed E-state index contributed by atoms with van der Waals surface area (Å²) in [6, 6.07) is 6.86. The number of nitrogens with zero attached hydrogens (tertiary/aromatic N) is 2. The average molecular weight is 564 g/mol. The molecule has 3 rings (SSSR count). The van der Waals surface area contributed by atoms with Gasteiger partial charge in [-0.25, -0.2) is 13.5 Å². The third kappa shape index (κ3) is 6.90. The zero-order chi connectivity index (χ0) is 29.6. The number of hydrogen-bond donors (Lipinski definition) is 2. The second-order valence-corrected chi connectivity index (χ2v) is 8.85. The molecular formula is C27H25F4N3O6. The van der Waals surface area contributed by atoms with Gasteiger partial charge in [0.05, 0.1) is 18.9 Å². The molecule has 0 radical (unpaired) electrons. The highest BCUT2D eigenvalue weighted by molar-refractivity contribution is 5.94. The van der Waals surface area contributed by atoms with Gasteiger partial charge in [0.25, 0.3) is 5.56 Å². The van der Waals surface area contributed by atoms with Gasteiger partial charge in [-0.15, -0.1) is 0 Å². The van der Waals surface area contributed by atoms with Crippen LogP contribution in [-0.2, 0) is 20.9 Å². The largest absolute Gasteiger partial charge is 0.481 e. The number of aryl methyl sites for hydroxylation is 1. The maximum Gasteiger partial charge on any atom is 0.305 e. The number of halogens is 4. The van der Waals surface area contributed by atoms with E-state index in [2.05, 4.69) is 15.2 Å². The minimum atomic E-state index is -1.89. The van der Waals surface area contributed by atoms with Crippen molar-refractivity contribution in [2.45, 2.75) is 45.2 Å². The molecule has 0 aliphatic heterocycles. The Kier molecular flexibility index (Phi) is 9.75. The lowest BCUT2D eigenvalue weighted by atomic mass is 9.96. The number of Topliss-reactive ketones (excluding diaryl/α,β-unsaturated/α-hetero) is 1. The predicted octanol–water partition coefficient (Wildman–Crippen LogP) is 3.26. The molecule has 9 nitrogen and oxygen atoms in total. The number of carbonyl (C=O) groups excluding carboxylic acids is 2. The number of aliphatic carboxylic acids is 1. The molecule has 1 heterocycles. The van der Waals surface area contributed by atoms with E-state index in [1.165, 1.54) is 16.9 Å². The lowest BCUT2D eigenvalue weighted by Gasteiger charge is -2.21. The number of amides is 1. The van der Waals surface area contributed by atoms with Crippen molar-refractivity contribution in [1.29, 1.82) is 0 Å². The lowest BCUT2D eigenvalue weighted by Crippen LogP contribution is -2.46. The molecule has 2 aromatic carbocycles. The van der Waals surface area contributed by atoms with Crippen molar-refractivity contribution in [3.63, 3.8) is 0 Å². The number of carbonyl (C=O) groups is 3. The quantitative estimate of drug-likeness (QED) is 0.256. The average Bonchev–Trinajstić information content (AvgIpc) is 2.90. The predicted molar refractivity (Wildman–Crippen MR) is 133 cm³/mol. The first kappa shape index (κ1) is 30.0. The molecule has 0 bridgehead atoms. The van der Waals surface area contributed by atoms with Crippen LogP contribution in [0.3, 0.4) is 0 Å². The summed E-state index contributed by atoms with van der Waals surface area (Å²) in [7, 11) is 0. The van der Waals surface area contributed by atoms with E-state index in [0.29, 0.717) is 0 Å². The number of rotatable bonds is 12. The van der Waals surface area contributed by atoms with Crippen LogP contribution >= 0.6 is 0 Å². The first-order valence-electron chi connectivity index (χ1n) is 12.1. The van der Waals surface area contributed by atoms with Crippen LogP contribution in [0, 0.1) is 30.2 Å². The fourth-order valence-corrected chi connectivity index (χ4v) is 3.95. The summed E-state index contributed by atoms with van der Waals surface area (Å²) in [5.74, 6) is -13.5. The molecule has 13 heteroatoms. The lowest BCUT2D eigenvalue weighted by molar-refractivity contribution is -0.140. The smallest absolute Gasteiger partial charge is 0.305 e. The van der Waals surface area contributed by atoms with Crippen molar-refractivity contribution in [3.05, 3.63) is 92.9 Å². The van der Waals surface area contributed by atoms with E-state index in [0.717, 1.165) is 11.1 Å². The van der Waals surface area contributed by atoms with Gasteiger partial charge < -0.3 is 15.2 Å². The van der Waals surface area contributed by atoms with Gasteiger partial charge in [-0.05, 0) is 30.5 Å². The summed E-state index contributed by atoms with van der Waals surface area (Å²) in [4.78, 5) is 50.3. The molecule has 40 heavy (non-hydrogen) atoms. The van der Waals surface area contributed by atoms with Crippen molar-refractivity contribution >= 4 is 17.7 Å². The summed E-state index contributed by atoms with van der Waals surface area (Å²) in [6.45, 7) is 2.37. The van der Waals surface area contributed by atoms with E-state index >= 15 is 0 Å². The zero-order valence-corrected chi connectivity index (χ0v) is 21.4. The molecule has 0 saturated carbocycles. The minimum Gasteiger partial charge on any atom is -0.481 e. The summed E-state index contributed by atoms with van der Waals surface area (Å²) in [5, 5.41) is 15.5. The zero-order valence-electron chi connectivity index (χ0n) is 21.4. The highest BCUT2D eigenvalue weighted by atomic mass is 19.2. The number of carboxylic acids is 1. The van der Waals surface area contributed by atoms with Crippen LogP contribution in [-0.4, -0.2) is 45.2 Å². The molecule has 0 aliphatic rings. The van der Waals surface area contributed by atoms with Gasteiger partial charge in [-0.2, -0.15) is 13.9 Å². The molecule has 2 N–H and O–H groups in total. The number of ketones is 1. The van der Waals surface area contributed by atoms with Crippen molar-refractivity contribution < 1.29 is 41.8 Å². The highest BCUT2D eigenvalue weighted by Crippen LogP contribution is 2.26. The Balaban J connectivity index is 1.81. The number of nitrogens with one attached hydrogen (secondary N) is 1. The molecule has 212 valence electrons. The van der Waals surface area contributed by atoms with Crippen LogP contribution in [0.25, 0.3) is 0 Å². The van der Waals surface area contributed by atoms with Gasteiger partial charge in [-0.1, -0.05) is 31.2 Å². The van der Waals surface area contributed by atoms with Crippen LogP contribution < -0.4 is 15.6 Å². The fraction of sp³-hybridized carbons (Fsp3) is 0.296. The molecule has 1 aromatic heterocycles. The Bertz CT molecular complexity index is 1470. The highest BCUT2D eigenvalue weighted by Gasteiger charge is 2.30. The number of aromatic nitrogens is 2. The van der Waals surface area contributed by atoms with Gasteiger partial charge >= 0.3 is 5.97 Å². The normalized spacial score (nSPS) is 12.4. The standard InChI is InChI=1S/C27H25F4N3O6/c1-3-16(17-8-9-32-34(27(17)39)12-15-7-5-4-6-14(15)2)26(38)33-20(11-22(36)37)21(35)13-40-25-23(30)18(28)10-19(29)24(25)31/h4-10,16,20H,3,11-13H2,1-2H3,(H,33,38)(H,36,37)/t16-,20-/m0/s1. The van der Waals surface area contributed by atoms with Gasteiger partial charge in [-0.3, -0.25) is 19.2 Å². The van der Waals surface area contributed by atoms with E-state index in [1.54, 1.807) is 13.0 Å². The Hall–Kier alpha value is -4.55. The summed E-state index contributed by atoms with van der Waals surface area (Å²) >= 11 is 0. The third-order valence-electron chi connectivity index (χ3n) is 6.14. The van der Waals surface area contributed by atoms with E-state index in [4.69, 9.17) is 0 Å². The van der Waals surface area contributed by atoms with Gasteiger partial charge in [0.1, 0.15) is 12.6 Å². The van der Waals surface area contributed by atoms with E-state index in [1.807, 2.05) is 25.1 Å². The van der Waals surface area contributed by atoms with Crippen LogP contribution in [0.2, 0.25) is 0 Å². The summed E-state index contributed by atoms with van der Waals surface area (Å²) in [6.07, 6.45) is 0.472. The number of carboxylic acid groups (broad SMARTS) is 1. The van der Waals surface area contributed by atoms with Crippen LogP contribution in [0.5, 0.6) is 5.75 Å². The molecule has 0 unspecified atom stereocenters. The van der Waals surface area contributed by atoms with E-state index in [-0.39, 0.29) is 24.6 Å². The molecule has 0 saturated heterocycles. The summed E-state index contributed by atoms with van der Waals surface area (Å²) in [5.41, 5.74) is 1.21. The number of hydrogen-bond acceptors (Lipinski definition) is 6. The Morgan fingerprint density at radius 2 is 1.73 bits per heavy atom. The molecule has 0 spiro atoms. The molecule has 1 amide bonds. The van der Waals surface area contributed by atoms with Crippen LogP contribution in [0.15, 0.2) is 47.4 Å². The van der Waals surface area contributed by atoms with Crippen LogP contribution in [0.1, 0.15) is 42.4 Å². The Labute approximate surface area is 225 Å². The molecular weight excluding hydrogens is 538 g/mol. The topological polar surface area (TPSA) is 128 Å². The van der Waals surface area contributed by atoms with Gasteiger partial charge in [0, 0.05) is 17.8 Å². The van der Waals surface area contributed by atoms with E-state index in [9.17, 15) is 41.8 Å². The number of ether oxygens (including phenoxy) is 1. The first-order chi connectivity index (χ1) is 18.9. The van der Waals surface area contributed by atoms with Gasteiger partial charge in [0.15, 0.2) is 23.2 Å². The van der Waals surface area contributed by atoms with Crippen molar-refractivity contribution in [2.24, 2.45) is 0 Å². The second kappa shape index (κ2) is 13.0. The van der Waals surface area contributed by atoms with Crippen molar-refractivity contribution in [2.75, 3.05) is 6.61 Å². The number of benzene rings is 2.